The Bertz CT molecular complexity index is 824. The first kappa shape index (κ1) is 19.9. The number of hydrogen-bond donors (Lipinski definition) is 2. The van der Waals surface area contributed by atoms with Crippen LogP contribution < -0.4 is 10.6 Å². The van der Waals surface area contributed by atoms with Gasteiger partial charge in [0.2, 0.25) is 5.91 Å². The Labute approximate surface area is 162 Å². The number of carbonyl (C=O) groups excluding carboxylic acids is 2. The van der Waals surface area contributed by atoms with Crippen LogP contribution in [0, 0.1) is 11.6 Å². The first-order valence-electron chi connectivity index (χ1n) is 9.15. The zero-order chi connectivity index (χ0) is 19.9. The number of nitrogens with zero attached hydrogens (tertiary/aromatic N) is 2. The van der Waals surface area contributed by atoms with Crippen LogP contribution in [0.15, 0.2) is 42.7 Å². The molecular formula is C20H22F2N4O2. The summed E-state index contributed by atoms with van der Waals surface area (Å²) in [7, 11) is 0. The number of hydrogen-bond acceptors (Lipinski definition) is 4. The van der Waals surface area contributed by atoms with Crippen molar-refractivity contribution in [1.82, 2.24) is 20.5 Å². The Kier molecular flexibility index (Phi) is 6.65. The lowest BCUT2D eigenvalue weighted by atomic mass is 10.0. The summed E-state index contributed by atoms with van der Waals surface area (Å²) in [5, 5.41) is 5.33. The van der Waals surface area contributed by atoms with E-state index in [0.717, 1.165) is 44.6 Å². The summed E-state index contributed by atoms with van der Waals surface area (Å²) in [5.74, 6) is -3.05. The van der Waals surface area contributed by atoms with E-state index >= 15 is 0 Å². The number of nitrogens with one attached hydrogen (secondary N) is 2. The molecule has 0 unspecified atom stereocenters. The predicted octanol–water partition coefficient (Wildman–Crippen LogP) is 1.87. The maximum absolute atomic E-state index is 13.2. The molecule has 1 saturated heterocycles. The largest absolute Gasteiger partial charge is 0.352 e. The smallest absolute Gasteiger partial charge is 0.251 e. The fourth-order valence-electron chi connectivity index (χ4n) is 3.16. The summed E-state index contributed by atoms with van der Waals surface area (Å²) in [4.78, 5) is 30.3. The van der Waals surface area contributed by atoms with Gasteiger partial charge in [-0.2, -0.15) is 0 Å². The van der Waals surface area contributed by atoms with Gasteiger partial charge in [-0.25, -0.2) is 8.78 Å². The van der Waals surface area contributed by atoms with Gasteiger partial charge < -0.3 is 10.6 Å². The fraction of sp³-hybridized carbons (Fsp3) is 0.350. The van der Waals surface area contributed by atoms with Crippen LogP contribution in [0.25, 0.3) is 0 Å². The first-order chi connectivity index (χ1) is 13.5. The molecule has 0 radical (unpaired) electrons. The van der Waals surface area contributed by atoms with Crippen LogP contribution in [-0.2, 0) is 11.3 Å². The summed E-state index contributed by atoms with van der Waals surface area (Å²) in [5.41, 5.74) is 1.17. The predicted molar refractivity (Wildman–Crippen MR) is 99.4 cm³/mol. The van der Waals surface area contributed by atoms with Crippen molar-refractivity contribution >= 4 is 11.8 Å². The van der Waals surface area contributed by atoms with Crippen molar-refractivity contribution in [1.29, 1.82) is 0 Å². The molecule has 2 N–H and O–H groups in total. The minimum Gasteiger partial charge on any atom is -0.352 e. The van der Waals surface area contributed by atoms with Crippen LogP contribution >= 0.6 is 0 Å². The van der Waals surface area contributed by atoms with Gasteiger partial charge in [-0.3, -0.25) is 19.5 Å². The maximum Gasteiger partial charge on any atom is 0.251 e. The van der Waals surface area contributed by atoms with Crippen molar-refractivity contribution in [3.05, 3.63) is 65.5 Å². The lowest BCUT2D eigenvalue weighted by molar-refractivity contribution is -0.121. The maximum atomic E-state index is 13.2. The number of carbonyl (C=O) groups is 2. The van der Waals surface area contributed by atoms with Crippen LogP contribution in [0.5, 0.6) is 0 Å². The van der Waals surface area contributed by atoms with Gasteiger partial charge in [0.1, 0.15) is 0 Å². The standard InChI is InChI=1S/C20H22F2N4O2/c21-17-2-1-15(11-18(17)22)20(28)24-12-19(27)25-16-5-9-26(10-6-16)13-14-3-7-23-8-4-14/h1-4,7-8,11,16H,5-6,9-10,12-13H2,(H,24,28)(H,25,27). The zero-order valence-electron chi connectivity index (χ0n) is 15.3. The van der Waals surface area contributed by atoms with Crippen molar-refractivity contribution in [2.45, 2.75) is 25.4 Å². The van der Waals surface area contributed by atoms with Crippen molar-refractivity contribution in [3.63, 3.8) is 0 Å². The van der Waals surface area contributed by atoms with E-state index in [2.05, 4.69) is 20.5 Å². The number of pyridine rings is 1. The van der Waals surface area contributed by atoms with Gasteiger partial charge in [-0.15, -0.1) is 0 Å². The van der Waals surface area contributed by atoms with Gasteiger partial charge in [0.05, 0.1) is 6.54 Å². The van der Waals surface area contributed by atoms with Crippen LogP contribution in [0.2, 0.25) is 0 Å². The molecule has 8 heteroatoms. The fourth-order valence-corrected chi connectivity index (χ4v) is 3.16. The molecule has 0 atom stereocenters. The van der Waals surface area contributed by atoms with Crippen LogP contribution in [0.1, 0.15) is 28.8 Å². The average molecular weight is 388 g/mol. The highest BCUT2D eigenvalue weighted by Gasteiger charge is 2.21. The number of benzene rings is 1. The Balaban J connectivity index is 1.38. The minimum atomic E-state index is -1.10. The Hall–Kier alpha value is -2.87. The topological polar surface area (TPSA) is 74.3 Å². The second-order valence-corrected chi connectivity index (χ2v) is 6.78. The number of piperidine rings is 1. The molecule has 3 rings (SSSR count). The second-order valence-electron chi connectivity index (χ2n) is 6.78. The van der Waals surface area contributed by atoms with E-state index in [1.54, 1.807) is 12.4 Å². The third kappa shape index (κ3) is 5.56. The molecule has 1 aromatic heterocycles. The lowest BCUT2D eigenvalue weighted by Gasteiger charge is -2.32. The van der Waals surface area contributed by atoms with Gasteiger partial charge in [-0.05, 0) is 48.7 Å². The van der Waals surface area contributed by atoms with Crippen molar-refractivity contribution in [2.24, 2.45) is 0 Å². The molecule has 1 aliphatic rings. The molecule has 2 amide bonds. The van der Waals surface area contributed by atoms with E-state index in [0.29, 0.717) is 0 Å². The molecule has 1 aliphatic heterocycles. The molecule has 28 heavy (non-hydrogen) atoms. The van der Waals surface area contributed by atoms with Gasteiger partial charge in [-0.1, -0.05) is 0 Å². The quantitative estimate of drug-likeness (QED) is 0.792. The normalized spacial score (nSPS) is 15.2. The van der Waals surface area contributed by atoms with E-state index in [1.807, 2.05) is 12.1 Å². The summed E-state index contributed by atoms with van der Waals surface area (Å²) in [6, 6.07) is 6.89. The molecule has 0 aliphatic carbocycles. The number of amides is 2. The Morgan fingerprint density at radius 1 is 1.07 bits per heavy atom. The summed E-state index contributed by atoms with van der Waals surface area (Å²) < 4.78 is 26.1. The molecular weight excluding hydrogens is 366 g/mol. The van der Waals surface area contributed by atoms with Gasteiger partial charge in [0.15, 0.2) is 11.6 Å². The van der Waals surface area contributed by atoms with E-state index in [9.17, 15) is 18.4 Å². The lowest BCUT2D eigenvalue weighted by Crippen LogP contribution is -2.47. The van der Waals surface area contributed by atoms with Crippen molar-refractivity contribution in [2.75, 3.05) is 19.6 Å². The molecule has 1 aromatic carbocycles. The number of halogens is 2. The molecule has 148 valence electrons. The zero-order valence-corrected chi connectivity index (χ0v) is 15.3. The van der Waals surface area contributed by atoms with Crippen LogP contribution in [0.4, 0.5) is 8.78 Å². The van der Waals surface area contributed by atoms with Crippen molar-refractivity contribution < 1.29 is 18.4 Å². The first-order valence-corrected chi connectivity index (χ1v) is 9.15. The number of rotatable bonds is 6. The average Bonchev–Trinajstić information content (AvgIpc) is 2.70. The van der Waals surface area contributed by atoms with Crippen LogP contribution in [-0.4, -0.2) is 47.4 Å². The Morgan fingerprint density at radius 2 is 1.79 bits per heavy atom. The molecule has 2 aromatic rings. The van der Waals surface area contributed by atoms with E-state index in [4.69, 9.17) is 0 Å². The summed E-state index contributed by atoms with van der Waals surface area (Å²) in [6.45, 7) is 2.38. The SMILES string of the molecule is O=C(CNC(=O)c1ccc(F)c(F)c1)NC1CCN(Cc2ccncc2)CC1. The number of likely N-dealkylation sites (tertiary alicyclic amines) is 1. The molecule has 1 fully saturated rings. The third-order valence-electron chi connectivity index (χ3n) is 4.70. The van der Waals surface area contributed by atoms with Gasteiger partial charge >= 0.3 is 0 Å². The number of aromatic nitrogens is 1. The van der Waals surface area contributed by atoms with E-state index < -0.39 is 17.5 Å². The third-order valence-corrected chi connectivity index (χ3v) is 4.70. The molecule has 6 nitrogen and oxygen atoms in total. The Morgan fingerprint density at radius 3 is 2.46 bits per heavy atom. The summed E-state index contributed by atoms with van der Waals surface area (Å²) in [6.07, 6.45) is 5.20. The van der Waals surface area contributed by atoms with E-state index in [1.165, 1.54) is 11.6 Å². The second kappa shape index (κ2) is 9.36. The summed E-state index contributed by atoms with van der Waals surface area (Å²) >= 11 is 0. The molecule has 0 saturated carbocycles. The molecule has 0 bridgehead atoms. The molecule has 2 heterocycles. The van der Waals surface area contributed by atoms with Gasteiger partial charge in [0, 0.05) is 43.6 Å². The highest BCUT2D eigenvalue weighted by Crippen LogP contribution is 2.13. The minimum absolute atomic E-state index is 0.0314. The van der Waals surface area contributed by atoms with Gasteiger partial charge in [0.25, 0.3) is 5.91 Å². The highest BCUT2D eigenvalue weighted by molar-refractivity contribution is 5.96. The highest BCUT2D eigenvalue weighted by atomic mass is 19.2. The molecule has 0 spiro atoms. The monoisotopic (exact) mass is 388 g/mol. The van der Waals surface area contributed by atoms with Crippen molar-refractivity contribution in [3.8, 4) is 0 Å². The van der Waals surface area contributed by atoms with E-state index in [-0.39, 0.29) is 24.1 Å². The van der Waals surface area contributed by atoms with Crippen LogP contribution in [0.3, 0.4) is 0 Å².